The summed E-state index contributed by atoms with van der Waals surface area (Å²) in [5.74, 6) is 1.14. The number of carbonyl (C=O) groups is 1. The molecule has 3 aliphatic rings. The van der Waals surface area contributed by atoms with Crippen molar-refractivity contribution < 1.29 is 4.79 Å². The molecule has 1 amide bonds. The molecule has 2 aliphatic carbocycles. The van der Waals surface area contributed by atoms with Crippen LogP contribution in [0, 0.1) is 11.8 Å². The molecule has 28 heavy (non-hydrogen) atoms. The summed E-state index contributed by atoms with van der Waals surface area (Å²) in [6, 6.07) is 10.4. The van der Waals surface area contributed by atoms with Crippen LogP contribution in [0.15, 0.2) is 53.8 Å². The highest BCUT2D eigenvalue weighted by atomic mass is 79.9. The standard InChI is InChI=1S/C24H31BrN2O/c1-3-12-26(13-4-2)19-14-18-16-27(24(28)17-8-6-5-7-9-17)22-11-10-21(25)20(15-19)23(18)22/h5-11,18-21H,3-4,12-16H2,1-2H3/t18-,19-,20?,21?/m0/s1. The first kappa shape index (κ1) is 19.9. The molecule has 4 heteroatoms. The van der Waals surface area contributed by atoms with E-state index in [9.17, 15) is 4.79 Å². The first-order valence-corrected chi connectivity index (χ1v) is 11.7. The monoisotopic (exact) mass is 442 g/mol. The minimum Gasteiger partial charge on any atom is -0.308 e. The molecule has 1 aromatic rings. The first-order chi connectivity index (χ1) is 13.6. The zero-order valence-electron chi connectivity index (χ0n) is 17.0. The van der Waals surface area contributed by atoms with Crippen LogP contribution in [0.4, 0.5) is 0 Å². The zero-order chi connectivity index (χ0) is 19.7. The minimum absolute atomic E-state index is 0.143. The molecule has 1 fully saturated rings. The quantitative estimate of drug-likeness (QED) is 0.561. The van der Waals surface area contributed by atoms with Gasteiger partial charge in [0.15, 0.2) is 0 Å². The van der Waals surface area contributed by atoms with Crippen molar-refractivity contribution in [1.29, 1.82) is 0 Å². The molecule has 1 heterocycles. The van der Waals surface area contributed by atoms with E-state index in [2.05, 4.69) is 46.8 Å². The number of hydrogen-bond donors (Lipinski definition) is 0. The molecule has 4 rings (SSSR count). The second kappa shape index (κ2) is 8.54. The van der Waals surface area contributed by atoms with Crippen molar-refractivity contribution in [2.24, 2.45) is 11.8 Å². The highest BCUT2D eigenvalue weighted by molar-refractivity contribution is 9.09. The van der Waals surface area contributed by atoms with Gasteiger partial charge in [0.05, 0.1) is 0 Å². The maximum atomic E-state index is 13.2. The Morgan fingerprint density at radius 3 is 2.54 bits per heavy atom. The van der Waals surface area contributed by atoms with Crippen LogP contribution in [0.25, 0.3) is 0 Å². The van der Waals surface area contributed by atoms with Gasteiger partial charge in [-0.05, 0) is 68.5 Å². The molecule has 3 nitrogen and oxygen atoms in total. The van der Waals surface area contributed by atoms with E-state index in [1.165, 1.54) is 50.0 Å². The van der Waals surface area contributed by atoms with Gasteiger partial charge in [0, 0.05) is 34.6 Å². The fourth-order valence-corrected chi connectivity index (χ4v) is 6.06. The van der Waals surface area contributed by atoms with Crippen molar-refractivity contribution in [3.8, 4) is 0 Å². The van der Waals surface area contributed by atoms with Crippen LogP contribution in [0.1, 0.15) is 49.9 Å². The molecular formula is C24H31BrN2O. The number of hydrogen-bond acceptors (Lipinski definition) is 2. The molecule has 1 saturated carbocycles. The van der Waals surface area contributed by atoms with E-state index in [0.29, 0.717) is 22.7 Å². The molecule has 2 unspecified atom stereocenters. The van der Waals surface area contributed by atoms with Gasteiger partial charge in [0.1, 0.15) is 0 Å². The highest BCUT2D eigenvalue weighted by Gasteiger charge is 2.46. The lowest BCUT2D eigenvalue weighted by Gasteiger charge is -2.43. The van der Waals surface area contributed by atoms with Gasteiger partial charge in [-0.3, -0.25) is 4.79 Å². The summed E-state index contributed by atoms with van der Waals surface area (Å²) in [5, 5.41) is 0. The van der Waals surface area contributed by atoms with E-state index in [1.54, 1.807) is 0 Å². The van der Waals surface area contributed by atoms with Crippen molar-refractivity contribution in [3.63, 3.8) is 0 Å². The lowest BCUT2D eigenvalue weighted by molar-refractivity contribution is 0.0801. The summed E-state index contributed by atoms with van der Waals surface area (Å²) >= 11 is 3.93. The average molecular weight is 443 g/mol. The average Bonchev–Trinajstić information content (AvgIpc) is 3.09. The van der Waals surface area contributed by atoms with Crippen LogP contribution >= 0.6 is 15.9 Å². The molecule has 0 N–H and O–H groups in total. The number of allylic oxidation sites excluding steroid dienone is 2. The Morgan fingerprint density at radius 1 is 1.14 bits per heavy atom. The van der Waals surface area contributed by atoms with Crippen molar-refractivity contribution >= 4 is 21.8 Å². The molecule has 0 radical (unpaired) electrons. The summed E-state index contributed by atoms with van der Waals surface area (Å²) in [4.78, 5) is 18.4. The maximum Gasteiger partial charge on any atom is 0.258 e. The van der Waals surface area contributed by atoms with Crippen LogP contribution in [0.2, 0.25) is 0 Å². The third kappa shape index (κ3) is 3.61. The number of alkyl halides is 1. The fraction of sp³-hybridized carbons (Fsp3) is 0.542. The number of nitrogens with zero attached hydrogens (tertiary/aromatic N) is 2. The molecule has 150 valence electrons. The van der Waals surface area contributed by atoms with E-state index in [1.807, 2.05) is 35.2 Å². The summed E-state index contributed by atoms with van der Waals surface area (Å²) < 4.78 is 0. The van der Waals surface area contributed by atoms with Crippen molar-refractivity contribution in [2.75, 3.05) is 19.6 Å². The summed E-state index contributed by atoms with van der Waals surface area (Å²) in [6.07, 6.45) is 9.22. The fourth-order valence-electron chi connectivity index (χ4n) is 5.40. The van der Waals surface area contributed by atoms with Gasteiger partial charge < -0.3 is 9.80 Å². The zero-order valence-corrected chi connectivity index (χ0v) is 18.6. The van der Waals surface area contributed by atoms with Crippen LogP contribution in [0.5, 0.6) is 0 Å². The predicted molar refractivity (Wildman–Crippen MR) is 119 cm³/mol. The molecule has 1 aliphatic heterocycles. The molecule has 0 spiro atoms. The first-order valence-electron chi connectivity index (χ1n) is 10.8. The van der Waals surface area contributed by atoms with Gasteiger partial charge >= 0.3 is 0 Å². The number of amides is 1. The Hall–Kier alpha value is -1.39. The van der Waals surface area contributed by atoms with Gasteiger partial charge in [0.25, 0.3) is 5.91 Å². The number of benzene rings is 1. The lowest BCUT2D eigenvalue weighted by atomic mass is 9.71. The van der Waals surface area contributed by atoms with Gasteiger partial charge in [-0.25, -0.2) is 0 Å². The molecule has 1 aromatic carbocycles. The molecule has 0 saturated heterocycles. The number of halogens is 1. The maximum absolute atomic E-state index is 13.2. The van der Waals surface area contributed by atoms with E-state index in [-0.39, 0.29) is 5.91 Å². The Labute approximate surface area is 177 Å². The van der Waals surface area contributed by atoms with Crippen LogP contribution in [-0.2, 0) is 0 Å². The summed E-state index contributed by atoms with van der Waals surface area (Å²) in [7, 11) is 0. The Balaban J connectivity index is 1.61. The van der Waals surface area contributed by atoms with Crippen molar-refractivity contribution in [2.45, 2.75) is 50.4 Å². The van der Waals surface area contributed by atoms with Crippen molar-refractivity contribution in [3.05, 3.63) is 59.3 Å². The third-order valence-corrected chi connectivity index (χ3v) is 7.48. The third-order valence-electron chi connectivity index (χ3n) is 6.54. The second-order valence-electron chi connectivity index (χ2n) is 8.39. The van der Waals surface area contributed by atoms with E-state index in [4.69, 9.17) is 0 Å². The molecule has 0 bridgehead atoms. The van der Waals surface area contributed by atoms with E-state index < -0.39 is 0 Å². The van der Waals surface area contributed by atoms with Crippen LogP contribution < -0.4 is 0 Å². The smallest absolute Gasteiger partial charge is 0.258 e. The van der Waals surface area contributed by atoms with Gasteiger partial charge in [0.2, 0.25) is 0 Å². The van der Waals surface area contributed by atoms with Crippen LogP contribution in [-0.4, -0.2) is 46.2 Å². The largest absolute Gasteiger partial charge is 0.308 e. The predicted octanol–water partition coefficient (Wildman–Crippen LogP) is 5.25. The Morgan fingerprint density at radius 2 is 1.86 bits per heavy atom. The van der Waals surface area contributed by atoms with E-state index >= 15 is 0 Å². The molecular weight excluding hydrogens is 412 g/mol. The number of carbonyl (C=O) groups excluding carboxylic acids is 1. The molecule has 4 atom stereocenters. The highest BCUT2D eigenvalue weighted by Crippen LogP contribution is 2.49. The Kier molecular flexibility index (Phi) is 6.07. The minimum atomic E-state index is 0.143. The summed E-state index contributed by atoms with van der Waals surface area (Å²) in [5.41, 5.74) is 3.49. The topological polar surface area (TPSA) is 23.6 Å². The lowest BCUT2D eigenvalue weighted by Crippen LogP contribution is -2.44. The summed E-state index contributed by atoms with van der Waals surface area (Å²) in [6.45, 7) is 7.75. The van der Waals surface area contributed by atoms with Crippen LogP contribution in [0.3, 0.4) is 0 Å². The van der Waals surface area contributed by atoms with Gasteiger partial charge in [-0.2, -0.15) is 0 Å². The van der Waals surface area contributed by atoms with Gasteiger partial charge in [-0.1, -0.05) is 54.1 Å². The molecule has 0 aromatic heterocycles. The second-order valence-corrected chi connectivity index (χ2v) is 9.45. The Bertz CT molecular complexity index is 766. The van der Waals surface area contributed by atoms with Gasteiger partial charge in [-0.15, -0.1) is 0 Å². The van der Waals surface area contributed by atoms with E-state index in [0.717, 1.165) is 12.1 Å². The van der Waals surface area contributed by atoms with Crippen molar-refractivity contribution in [1.82, 2.24) is 9.80 Å². The normalized spacial score (nSPS) is 28.8. The number of rotatable bonds is 6. The SMILES string of the molecule is CCCN(CCC)[C@@H]1CC2C3=C(C=CC2Br)N(C(=O)c2ccccc2)C[C@@H]3C1.